The normalized spacial score (nSPS) is 21.7. The fourth-order valence-electron chi connectivity index (χ4n) is 3.78. The first-order chi connectivity index (χ1) is 11.9. The highest BCUT2D eigenvalue weighted by Crippen LogP contribution is 2.27. The quantitative estimate of drug-likeness (QED) is 0.804. The zero-order valence-corrected chi connectivity index (χ0v) is 16.7. The standard InChI is InChI=1S/C20H32ClN3O/c1-15(2)22-20(25)10-9-17-14-24(12-11-19(17)23(3)4)13-16-7-5-6-8-18(16)21/h5-8,15,17,19H,9-14H2,1-4H3,(H,22,25)/t17-,19+/m0/s1. The van der Waals surface area contributed by atoms with E-state index in [1.165, 1.54) is 5.56 Å². The van der Waals surface area contributed by atoms with Gasteiger partial charge in [0, 0.05) is 36.6 Å². The summed E-state index contributed by atoms with van der Waals surface area (Å²) < 4.78 is 0. The second kappa shape index (κ2) is 9.56. The first-order valence-electron chi connectivity index (χ1n) is 9.28. The maximum Gasteiger partial charge on any atom is 0.220 e. The van der Waals surface area contributed by atoms with Crippen LogP contribution < -0.4 is 5.32 Å². The summed E-state index contributed by atoms with van der Waals surface area (Å²) in [6.07, 6.45) is 2.67. The van der Waals surface area contributed by atoms with Gasteiger partial charge in [0.25, 0.3) is 0 Å². The van der Waals surface area contributed by atoms with E-state index in [9.17, 15) is 4.79 Å². The van der Waals surface area contributed by atoms with Crippen LogP contribution in [0.2, 0.25) is 5.02 Å². The zero-order chi connectivity index (χ0) is 18.4. The highest BCUT2D eigenvalue weighted by Gasteiger charge is 2.31. The van der Waals surface area contributed by atoms with E-state index in [0.717, 1.165) is 37.5 Å². The van der Waals surface area contributed by atoms with Gasteiger partial charge in [-0.1, -0.05) is 29.8 Å². The number of carbonyl (C=O) groups excluding carboxylic acids is 1. The molecule has 1 amide bonds. The van der Waals surface area contributed by atoms with Crippen molar-refractivity contribution in [3.63, 3.8) is 0 Å². The molecule has 2 atom stereocenters. The monoisotopic (exact) mass is 365 g/mol. The molecule has 0 unspecified atom stereocenters. The van der Waals surface area contributed by atoms with E-state index < -0.39 is 0 Å². The summed E-state index contributed by atoms with van der Waals surface area (Å²) in [7, 11) is 4.30. The molecule has 1 heterocycles. The third kappa shape index (κ3) is 6.28. The molecular weight excluding hydrogens is 334 g/mol. The number of hydrogen-bond acceptors (Lipinski definition) is 3. The topological polar surface area (TPSA) is 35.6 Å². The van der Waals surface area contributed by atoms with Crippen LogP contribution in [0.4, 0.5) is 0 Å². The molecule has 1 aliphatic rings. The number of nitrogens with zero attached hydrogens (tertiary/aromatic N) is 2. The van der Waals surface area contributed by atoms with Crippen LogP contribution in [0.5, 0.6) is 0 Å². The minimum atomic E-state index is 0.163. The van der Waals surface area contributed by atoms with Crippen molar-refractivity contribution in [2.45, 2.75) is 51.7 Å². The minimum absolute atomic E-state index is 0.163. The first kappa shape index (κ1) is 20.2. The molecule has 1 N–H and O–H groups in total. The van der Waals surface area contributed by atoms with E-state index in [-0.39, 0.29) is 11.9 Å². The Morgan fingerprint density at radius 3 is 2.72 bits per heavy atom. The molecule has 0 spiro atoms. The number of amides is 1. The smallest absolute Gasteiger partial charge is 0.220 e. The lowest BCUT2D eigenvalue weighted by molar-refractivity contribution is -0.122. The van der Waals surface area contributed by atoms with Crippen LogP contribution in [0.3, 0.4) is 0 Å². The average Bonchev–Trinajstić information content (AvgIpc) is 2.54. The van der Waals surface area contributed by atoms with Gasteiger partial charge in [-0.2, -0.15) is 0 Å². The predicted molar refractivity (Wildman–Crippen MR) is 105 cm³/mol. The maximum atomic E-state index is 12.0. The van der Waals surface area contributed by atoms with Gasteiger partial charge >= 0.3 is 0 Å². The predicted octanol–water partition coefficient (Wildman–Crippen LogP) is 3.40. The molecule has 1 fully saturated rings. The second-order valence-electron chi connectivity index (χ2n) is 7.67. The van der Waals surface area contributed by atoms with Crippen LogP contribution in [0, 0.1) is 5.92 Å². The van der Waals surface area contributed by atoms with Gasteiger partial charge < -0.3 is 10.2 Å². The van der Waals surface area contributed by atoms with Gasteiger partial charge in [-0.3, -0.25) is 9.69 Å². The van der Waals surface area contributed by atoms with Crippen LogP contribution in [0.1, 0.15) is 38.7 Å². The Bertz CT molecular complexity index is 562. The highest BCUT2D eigenvalue weighted by molar-refractivity contribution is 6.31. The van der Waals surface area contributed by atoms with Gasteiger partial charge in [0.15, 0.2) is 0 Å². The number of likely N-dealkylation sites (tertiary alicyclic amines) is 1. The number of benzene rings is 1. The van der Waals surface area contributed by atoms with Crippen molar-refractivity contribution in [2.24, 2.45) is 5.92 Å². The fraction of sp³-hybridized carbons (Fsp3) is 0.650. The van der Waals surface area contributed by atoms with Crippen molar-refractivity contribution < 1.29 is 4.79 Å². The van der Waals surface area contributed by atoms with Crippen molar-refractivity contribution in [3.8, 4) is 0 Å². The molecule has 0 aliphatic carbocycles. The van der Waals surface area contributed by atoms with Crippen LogP contribution in [0.15, 0.2) is 24.3 Å². The molecule has 1 aliphatic heterocycles. The van der Waals surface area contributed by atoms with Crippen molar-refractivity contribution >= 4 is 17.5 Å². The number of rotatable bonds is 7. The number of halogens is 1. The van der Waals surface area contributed by atoms with E-state index in [4.69, 9.17) is 11.6 Å². The molecule has 5 heteroatoms. The van der Waals surface area contributed by atoms with E-state index in [2.05, 4.69) is 35.3 Å². The van der Waals surface area contributed by atoms with E-state index in [1.54, 1.807) is 0 Å². The Balaban J connectivity index is 1.96. The number of hydrogen-bond donors (Lipinski definition) is 1. The average molecular weight is 366 g/mol. The fourth-order valence-corrected chi connectivity index (χ4v) is 3.98. The van der Waals surface area contributed by atoms with Crippen molar-refractivity contribution in [3.05, 3.63) is 34.9 Å². The summed E-state index contributed by atoms with van der Waals surface area (Å²) in [5.74, 6) is 0.667. The van der Waals surface area contributed by atoms with Gasteiger partial charge in [-0.05, 0) is 64.9 Å². The van der Waals surface area contributed by atoms with Crippen LogP contribution in [-0.4, -0.2) is 55.0 Å². The molecule has 2 rings (SSSR count). The van der Waals surface area contributed by atoms with Crippen molar-refractivity contribution in [1.82, 2.24) is 15.1 Å². The van der Waals surface area contributed by atoms with E-state index in [0.29, 0.717) is 18.4 Å². The lowest BCUT2D eigenvalue weighted by atomic mass is 9.87. The Labute approximate surface area is 157 Å². The van der Waals surface area contributed by atoms with Gasteiger partial charge in [0.2, 0.25) is 5.91 Å². The Morgan fingerprint density at radius 2 is 2.08 bits per heavy atom. The number of nitrogens with one attached hydrogen (secondary N) is 1. The van der Waals surface area contributed by atoms with Gasteiger partial charge in [0.05, 0.1) is 0 Å². The zero-order valence-electron chi connectivity index (χ0n) is 16.0. The SMILES string of the molecule is CC(C)NC(=O)CC[C@H]1CN(Cc2ccccc2Cl)CC[C@H]1N(C)C. The molecule has 0 saturated carbocycles. The van der Waals surface area contributed by atoms with Crippen molar-refractivity contribution in [1.29, 1.82) is 0 Å². The second-order valence-corrected chi connectivity index (χ2v) is 8.07. The Hall–Kier alpha value is -1.10. The molecular formula is C20H32ClN3O. The molecule has 0 radical (unpaired) electrons. The Morgan fingerprint density at radius 1 is 1.36 bits per heavy atom. The summed E-state index contributed by atoms with van der Waals surface area (Å²) in [6.45, 7) is 6.99. The van der Waals surface area contributed by atoms with Gasteiger partial charge in [-0.25, -0.2) is 0 Å². The number of piperidine rings is 1. The molecule has 4 nitrogen and oxygen atoms in total. The third-order valence-corrected chi connectivity index (χ3v) is 5.35. The number of carbonyl (C=O) groups is 1. The van der Waals surface area contributed by atoms with E-state index >= 15 is 0 Å². The maximum absolute atomic E-state index is 12.0. The Kier molecular flexibility index (Phi) is 7.73. The summed E-state index contributed by atoms with van der Waals surface area (Å²) in [6, 6.07) is 8.82. The molecule has 0 aromatic heterocycles. The molecule has 0 bridgehead atoms. The summed E-state index contributed by atoms with van der Waals surface area (Å²) in [5.41, 5.74) is 1.18. The molecule has 25 heavy (non-hydrogen) atoms. The molecule has 1 aromatic carbocycles. The summed E-state index contributed by atoms with van der Waals surface area (Å²) in [5, 5.41) is 3.84. The molecule has 140 valence electrons. The summed E-state index contributed by atoms with van der Waals surface area (Å²) >= 11 is 6.32. The highest BCUT2D eigenvalue weighted by atomic mass is 35.5. The summed E-state index contributed by atoms with van der Waals surface area (Å²) in [4.78, 5) is 16.8. The molecule has 1 aromatic rings. The lowest BCUT2D eigenvalue weighted by Gasteiger charge is -2.42. The van der Waals surface area contributed by atoms with Crippen LogP contribution in [-0.2, 0) is 11.3 Å². The van der Waals surface area contributed by atoms with Crippen molar-refractivity contribution in [2.75, 3.05) is 27.2 Å². The first-order valence-corrected chi connectivity index (χ1v) is 9.66. The van der Waals surface area contributed by atoms with Crippen LogP contribution >= 0.6 is 11.6 Å². The largest absolute Gasteiger partial charge is 0.354 e. The van der Waals surface area contributed by atoms with Gasteiger partial charge in [0.1, 0.15) is 0 Å². The minimum Gasteiger partial charge on any atom is -0.354 e. The molecule has 1 saturated heterocycles. The lowest BCUT2D eigenvalue weighted by Crippen LogP contribution is -2.48. The van der Waals surface area contributed by atoms with E-state index in [1.807, 2.05) is 32.0 Å². The van der Waals surface area contributed by atoms with Crippen LogP contribution in [0.25, 0.3) is 0 Å². The van der Waals surface area contributed by atoms with Gasteiger partial charge in [-0.15, -0.1) is 0 Å². The third-order valence-electron chi connectivity index (χ3n) is 4.98.